The molecular weight excluding hydrogens is 464 g/mol. The molecule has 5 aliphatic rings. The summed E-state index contributed by atoms with van der Waals surface area (Å²) in [5.41, 5.74) is 1.09. The Balaban J connectivity index is 1.15. The van der Waals surface area contributed by atoms with Gasteiger partial charge in [-0.05, 0) is 80.6 Å². The molecule has 4 saturated carbocycles. The minimum atomic E-state index is -0.0263. The van der Waals surface area contributed by atoms with Crippen LogP contribution in [0, 0.1) is 17.8 Å². The van der Waals surface area contributed by atoms with Gasteiger partial charge in [-0.1, -0.05) is 40.2 Å². The van der Waals surface area contributed by atoms with E-state index in [4.69, 9.17) is 4.74 Å². The normalized spacial score (nSPS) is 32.4. The number of hydrogen-bond donors (Lipinski definition) is 1. The van der Waals surface area contributed by atoms with E-state index in [2.05, 4.69) is 26.1 Å². The average Bonchev–Trinajstić information content (AvgIpc) is 2.78. The molecule has 1 aliphatic heterocycles. The first-order valence-corrected chi connectivity index (χ1v) is 13.1. The summed E-state index contributed by atoms with van der Waals surface area (Å²) in [4.78, 5) is 16.1. The number of hydrogen-bond acceptors (Lipinski definition) is 3. The number of nitrogens with zero attached hydrogens (tertiary/aromatic N) is 1. The van der Waals surface area contributed by atoms with Crippen molar-refractivity contribution in [2.24, 2.45) is 17.8 Å². The number of nitrogens with one attached hydrogen (secondary N) is 1. The van der Waals surface area contributed by atoms with Crippen LogP contribution in [0.5, 0.6) is 5.75 Å². The Morgan fingerprint density at radius 2 is 1.62 bits per heavy atom. The number of halogens is 1. The lowest BCUT2D eigenvalue weighted by Gasteiger charge is -2.61. The monoisotopic (exact) mass is 496 g/mol. The van der Waals surface area contributed by atoms with Crippen molar-refractivity contribution < 1.29 is 9.53 Å². The van der Waals surface area contributed by atoms with Gasteiger partial charge in [0.05, 0.1) is 12.7 Å². The lowest BCUT2D eigenvalue weighted by molar-refractivity contribution is -0.0959. The average molecular weight is 497 g/mol. The summed E-state index contributed by atoms with van der Waals surface area (Å²) in [6.07, 6.45) is 10.9. The van der Waals surface area contributed by atoms with E-state index >= 15 is 0 Å². The summed E-state index contributed by atoms with van der Waals surface area (Å²) >= 11 is 3.65. The van der Waals surface area contributed by atoms with Gasteiger partial charge in [-0.3, -0.25) is 9.69 Å². The van der Waals surface area contributed by atoms with Crippen LogP contribution in [0.25, 0.3) is 10.8 Å². The number of methoxy groups -OCH3 is 1. The number of piperidine rings is 1. The van der Waals surface area contributed by atoms with Crippen LogP contribution < -0.4 is 10.1 Å². The Morgan fingerprint density at radius 1 is 1.03 bits per heavy atom. The number of fused-ring (bicyclic) bond motifs is 1. The van der Waals surface area contributed by atoms with Crippen molar-refractivity contribution in [3.63, 3.8) is 0 Å². The maximum absolute atomic E-state index is 13.3. The van der Waals surface area contributed by atoms with Crippen molar-refractivity contribution in [2.45, 2.75) is 62.9 Å². The minimum Gasteiger partial charge on any atom is -0.495 e. The van der Waals surface area contributed by atoms with Gasteiger partial charge in [0, 0.05) is 34.5 Å². The maximum atomic E-state index is 13.3. The molecule has 0 spiro atoms. The predicted molar refractivity (Wildman–Crippen MR) is 131 cm³/mol. The highest BCUT2D eigenvalue weighted by Gasteiger charge is 2.53. The van der Waals surface area contributed by atoms with Crippen LogP contribution in [-0.2, 0) is 0 Å². The molecule has 4 nitrogen and oxygen atoms in total. The fourth-order valence-electron chi connectivity index (χ4n) is 7.91. The summed E-state index contributed by atoms with van der Waals surface area (Å²) in [5.74, 6) is 3.58. The third-order valence-electron chi connectivity index (χ3n) is 8.90. The highest BCUT2D eigenvalue weighted by molar-refractivity contribution is 9.10. The maximum Gasteiger partial charge on any atom is 0.255 e. The molecule has 1 N–H and O–H groups in total. The van der Waals surface area contributed by atoms with Gasteiger partial charge in [0.1, 0.15) is 5.75 Å². The highest BCUT2D eigenvalue weighted by atomic mass is 79.9. The smallest absolute Gasteiger partial charge is 0.255 e. The second kappa shape index (κ2) is 8.02. The first-order valence-electron chi connectivity index (χ1n) is 12.4. The number of benzene rings is 2. The van der Waals surface area contributed by atoms with Gasteiger partial charge in [-0.25, -0.2) is 0 Å². The van der Waals surface area contributed by atoms with Gasteiger partial charge in [0.15, 0.2) is 0 Å². The molecule has 32 heavy (non-hydrogen) atoms. The summed E-state index contributed by atoms with van der Waals surface area (Å²) < 4.78 is 6.62. The Kier molecular flexibility index (Phi) is 5.26. The second-order valence-corrected chi connectivity index (χ2v) is 11.7. The molecule has 2 aromatic rings. The predicted octanol–water partition coefficient (Wildman–Crippen LogP) is 5.77. The zero-order chi connectivity index (χ0) is 21.9. The number of rotatable bonds is 4. The molecular formula is C27H33BrN2O2. The topological polar surface area (TPSA) is 41.6 Å². The molecule has 4 bridgehead atoms. The Labute approximate surface area is 199 Å². The molecule has 0 aromatic heterocycles. The van der Waals surface area contributed by atoms with Gasteiger partial charge >= 0.3 is 0 Å². The van der Waals surface area contributed by atoms with Crippen molar-refractivity contribution >= 4 is 32.6 Å². The van der Waals surface area contributed by atoms with Crippen LogP contribution in [0.15, 0.2) is 34.8 Å². The van der Waals surface area contributed by atoms with Crippen LogP contribution in [-0.4, -0.2) is 42.6 Å². The number of carbonyl (C=O) groups excluding carboxylic acids is 1. The van der Waals surface area contributed by atoms with Crippen molar-refractivity contribution in [3.8, 4) is 5.75 Å². The van der Waals surface area contributed by atoms with Gasteiger partial charge in [0.25, 0.3) is 5.91 Å². The van der Waals surface area contributed by atoms with E-state index in [1.165, 1.54) is 38.5 Å². The Morgan fingerprint density at radius 3 is 2.22 bits per heavy atom. The van der Waals surface area contributed by atoms with Crippen molar-refractivity contribution in [1.29, 1.82) is 0 Å². The molecule has 2 aromatic carbocycles. The van der Waals surface area contributed by atoms with Gasteiger partial charge in [-0.15, -0.1) is 0 Å². The van der Waals surface area contributed by atoms with Crippen molar-refractivity contribution in [2.75, 3.05) is 20.2 Å². The van der Waals surface area contributed by atoms with Gasteiger partial charge in [-0.2, -0.15) is 0 Å². The van der Waals surface area contributed by atoms with E-state index in [0.29, 0.717) is 16.9 Å². The van der Waals surface area contributed by atoms with E-state index in [1.54, 1.807) is 7.11 Å². The minimum absolute atomic E-state index is 0.0263. The van der Waals surface area contributed by atoms with Crippen molar-refractivity contribution in [3.05, 3.63) is 40.4 Å². The fraction of sp³-hybridized carbons (Fsp3) is 0.593. The Hall–Kier alpha value is -1.59. The third kappa shape index (κ3) is 3.47. The molecule has 1 saturated heterocycles. The van der Waals surface area contributed by atoms with E-state index in [9.17, 15) is 4.79 Å². The van der Waals surface area contributed by atoms with Gasteiger partial charge in [0.2, 0.25) is 0 Å². The van der Waals surface area contributed by atoms with Crippen LogP contribution in [0.1, 0.15) is 61.7 Å². The third-order valence-corrected chi connectivity index (χ3v) is 9.56. The van der Waals surface area contributed by atoms with E-state index in [1.807, 2.05) is 30.3 Å². The zero-order valence-electron chi connectivity index (χ0n) is 18.9. The molecule has 5 fully saturated rings. The highest BCUT2D eigenvalue weighted by Crippen LogP contribution is 2.58. The molecule has 5 heteroatoms. The molecule has 4 aliphatic carbocycles. The number of carbonyl (C=O) groups is 1. The molecule has 1 amide bonds. The summed E-state index contributed by atoms with van der Waals surface area (Å²) in [6.45, 7) is 2.24. The quantitative estimate of drug-likeness (QED) is 0.583. The number of ether oxygens (including phenoxy) is 1. The SMILES string of the molecule is COc1c(C(=O)NC2CCN(C34CC5CC(CC(C5)C3)C4)CC2)cc(Br)c2ccccc12. The molecule has 1 heterocycles. The zero-order valence-corrected chi connectivity index (χ0v) is 20.5. The number of amides is 1. The summed E-state index contributed by atoms with van der Waals surface area (Å²) in [5, 5.41) is 5.35. The standard InChI is InChI=1S/C27H33BrN2O2/c1-32-25-22-5-3-2-4-21(22)24(28)13-23(25)26(31)29-20-6-8-30(9-7-20)27-14-17-10-18(15-27)12-19(11-17)16-27/h2-5,13,17-20H,6-12,14-16H2,1H3,(H,29,31). The molecule has 170 valence electrons. The lowest BCUT2D eigenvalue weighted by Crippen LogP contribution is -2.62. The van der Waals surface area contributed by atoms with Gasteiger partial charge < -0.3 is 10.1 Å². The van der Waals surface area contributed by atoms with E-state index in [0.717, 1.165) is 58.9 Å². The molecule has 0 unspecified atom stereocenters. The summed E-state index contributed by atoms with van der Waals surface area (Å²) in [6, 6.07) is 10.2. The van der Waals surface area contributed by atoms with E-state index in [-0.39, 0.29) is 11.9 Å². The van der Waals surface area contributed by atoms with Crippen LogP contribution in [0.3, 0.4) is 0 Å². The first kappa shape index (κ1) is 21.0. The van der Waals surface area contributed by atoms with Crippen LogP contribution in [0.2, 0.25) is 0 Å². The Bertz CT molecular complexity index is 1010. The van der Waals surface area contributed by atoms with E-state index < -0.39 is 0 Å². The largest absolute Gasteiger partial charge is 0.495 e. The van der Waals surface area contributed by atoms with Crippen LogP contribution >= 0.6 is 15.9 Å². The second-order valence-electron chi connectivity index (χ2n) is 10.9. The fourth-order valence-corrected chi connectivity index (χ4v) is 8.48. The molecule has 0 atom stereocenters. The molecule has 0 radical (unpaired) electrons. The number of likely N-dealkylation sites (tertiary alicyclic amines) is 1. The first-order chi connectivity index (χ1) is 15.5. The van der Waals surface area contributed by atoms with Crippen LogP contribution in [0.4, 0.5) is 0 Å². The summed E-state index contributed by atoms with van der Waals surface area (Å²) in [7, 11) is 1.65. The van der Waals surface area contributed by atoms with Crippen molar-refractivity contribution in [1.82, 2.24) is 10.2 Å². The lowest BCUT2D eigenvalue weighted by atomic mass is 9.52. The molecule has 7 rings (SSSR count).